The minimum atomic E-state index is 0.625. The van der Waals surface area contributed by atoms with Crippen molar-refractivity contribution >= 4 is 5.69 Å². The van der Waals surface area contributed by atoms with Crippen LogP contribution in [0.2, 0.25) is 0 Å². The molecule has 16 heavy (non-hydrogen) atoms. The second kappa shape index (κ2) is 5.90. The van der Waals surface area contributed by atoms with E-state index in [2.05, 4.69) is 29.6 Å². The van der Waals surface area contributed by atoms with Gasteiger partial charge in [0.2, 0.25) is 0 Å². The molecule has 0 heterocycles. The van der Waals surface area contributed by atoms with E-state index >= 15 is 0 Å². The van der Waals surface area contributed by atoms with E-state index in [0.29, 0.717) is 12.6 Å². The van der Waals surface area contributed by atoms with Gasteiger partial charge in [-0.1, -0.05) is 37.8 Å². The van der Waals surface area contributed by atoms with Crippen molar-refractivity contribution in [3.8, 4) is 0 Å². The first-order valence-electron chi connectivity index (χ1n) is 6.44. The summed E-state index contributed by atoms with van der Waals surface area (Å²) in [5, 5.41) is 3.64. The zero-order chi connectivity index (χ0) is 11.2. The summed E-state index contributed by atoms with van der Waals surface area (Å²) in [5.74, 6) is 0. The fourth-order valence-corrected chi connectivity index (χ4v) is 2.45. The molecule has 1 aromatic carbocycles. The molecule has 0 unspecified atom stereocenters. The van der Waals surface area contributed by atoms with Gasteiger partial charge in [-0.3, -0.25) is 0 Å². The average Bonchev–Trinajstić information content (AvgIpc) is 2.58. The Hall–Kier alpha value is -1.02. The van der Waals surface area contributed by atoms with Crippen LogP contribution in [0.5, 0.6) is 0 Å². The van der Waals surface area contributed by atoms with Crippen molar-refractivity contribution in [3.05, 3.63) is 29.8 Å². The smallest absolute Gasteiger partial charge is 0.0345 e. The average molecular weight is 218 g/mol. The summed E-state index contributed by atoms with van der Waals surface area (Å²) in [7, 11) is 0. The van der Waals surface area contributed by atoms with E-state index in [-0.39, 0.29) is 0 Å². The van der Waals surface area contributed by atoms with Crippen molar-refractivity contribution in [1.82, 2.24) is 0 Å². The third-order valence-electron chi connectivity index (χ3n) is 3.39. The molecule has 1 saturated carbocycles. The Labute approximate surface area is 98.2 Å². The summed E-state index contributed by atoms with van der Waals surface area (Å²) in [4.78, 5) is 0. The van der Waals surface area contributed by atoms with Crippen molar-refractivity contribution in [2.45, 2.75) is 51.1 Å². The number of anilines is 1. The number of nitrogens with one attached hydrogen (secondary N) is 1. The molecule has 1 aliphatic carbocycles. The van der Waals surface area contributed by atoms with Crippen LogP contribution in [-0.4, -0.2) is 6.04 Å². The van der Waals surface area contributed by atoms with Crippen LogP contribution in [0.15, 0.2) is 24.3 Å². The maximum absolute atomic E-state index is 5.65. The molecule has 1 aromatic rings. The van der Waals surface area contributed by atoms with Gasteiger partial charge in [-0.25, -0.2) is 0 Å². The van der Waals surface area contributed by atoms with E-state index < -0.39 is 0 Å². The minimum absolute atomic E-state index is 0.625. The number of nitrogens with two attached hydrogens (primary N) is 1. The fourth-order valence-electron chi connectivity index (χ4n) is 2.45. The predicted octanol–water partition coefficient (Wildman–Crippen LogP) is 3.28. The van der Waals surface area contributed by atoms with Gasteiger partial charge in [0, 0.05) is 18.3 Å². The van der Waals surface area contributed by atoms with Crippen LogP contribution in [0.1, 0.15) is 44.1 Å². The first-order chi connectivity index (χ1) is 7.88. The lowest BCUT2D eigenvalue weighted by Gasteiger charge is -2.18. The predicted molar refractivity (Wildman–Crippen MR) is 69.4 cm³/mol. The van der Waals surface area contributed by atoms with Gasteiger partial charge < -0.3 is 11.1 Å². The molecular formula is C14H22N2. The molecule has 0 aromatic heterocycles. The molecule has 0 atom stereocenters. The molecule has 2 heteroatoms. The minimum Gasteiger partial charge on any atom is -0.382 e. The highest BCUT2D eigenvalue weighted by atomic mass is 14.9. The molecule has 0 radical (unpaired) electrons. The fraction of sp³-hybridized carbons (Fsp3) is 0.571. The van der Waals surface area contributed by atoms with Gasteiger partial charge in [-0.05, 0) is 30.5 Å². The Balaban J connectivity index is 1.96. The van der Waals surface area contributed by atoms with Crippen molar-refractivity contribution < 1.29 is 0 Å². The molecule has 0 bridgehead atoms. The van der Waals surface area contributed by atoms with Crippen LogP contribution < -0.4 is 11.1 Å². The molecular weight excluding hydrogens is 196 g/mol. The Morgan fingerprint density at radius 3 is 2.56 bits per heavy atom. The van der Waals surface area contributed by atoms with Gasteiger partial charge in [0.05, 0.1) is 0 Å². The zero-order valence-electron chi connectivity index (χ0n) is 9.91. The Morgan fingerprint density at radius 2 is 1.88 bits per heavy atom. The summed E-state index contributed by atoms with van der Waals surface area (Å²) >= 11 is 0. The van der Waals surface area contributed by atoms with Gasteiger partial charge in [0.1, 0.15) is 0 Å². The lowest BCUT2D eigenvalue weighted by atomic mass is 10.1. The second-order valence-electron chi connectivity index (χ2n) is 4.74. The standard InChI is InChI=1S/C14H22N2/c15-11-12-6-5-9-14(10-12)16-13-7-3-1-2-4-8-13/h5-6,9-10,13,16H,1-4,7-8,11,15H2. The first-order valence-corrected chi connectivity index (χ1v) is 6.44. The molecule has 3 N–H and O–H groups in total. The molecule has 2 nitrogen and oxygen atoms in total. The zero-order valence-corrected chi connectivity index (χ0v) is 9.91. The van der Waals surface area contributed by atoms with Crippen LogP contribution in [-0.2, 0) is 6.54 Å². The lowest BCUT2D eigenvalue weighted by Crippen LogP contribution is -2.18. The summed E-state index contributed by atoms with van der Waals surface area (Å²) in [5.41, 5.74) is 8.09. The summed E-state index contributed by atoms with van der Waals surface area (Å²) < 4.78 is 0. The van der Waals surface area contributed by atoms with Crippen molar-refractivity contribution in [3.63, 3.8) is 0 Å². The normalized spacial score (nSPS) is 18.1. The summed E-state index contributed by atoms with van der Waals surface area (Å²) in [6.45, 7) is 0.625. The third-order valence-corrected chi connectivity index (χ3v) is 3.39. The van der Waals surface area contributed by atoms with E-state index in [1.54, 1.807) is 0 Å². The van der Waals surface area contributed by atoms with Crippen LogP contribution in [0.4, 0.5) is 5.69 Å². The van der Waals surface area contributed by atoms with Gasteiger partial charge in [-0.2, -0.15) is 0 Å². The highest BCUT2D eigenvalue weighted by molar-refractivity contribution is 5.46. The van der Waals surface area contributed by atoms with Crippen LogP contribution in [0.3, 0.4) is 0 Å². The number of benzene rings is 1. The quantitative estimate of drug-likeness (QED) is 0.764. The van der Waals surface area contributed by atoms with E-state index in [0.717, 1.165) is 0 Å². The molecule has 0 saturated heterocycles. The van der Waals surface area contributed by atoms with Crippen molar-refractivity contribution in [1.29, 1.82) is 0 Å². The summed E-state index contributed by atoms with van der Waals surface area (Å²) in [6, 6.07) is 9.14. The van der Waals surface area contributed by atoms with Gasteiger partial charge in [0.15, 0.2) is 0 Å². The van der Waals surface area contributed by atoms with Crippen LogP contribution >= 0.6 is 0 Å². The topological polar surface area (TPSA) is 38.0 Å². The molecule has 1 fully saturated rings. The lowest BCUT2D eigenvalue weighted by molar-refractivity contribution is 0.620. The maximum atomic E-state index is 5.65. The van der Waals surface area contributed by atoms with E-state index in [1.807, 2.05) is 0 Å². The summed E-state index contributed by atoms with van der Waals surface area (Å²) in [6.07, 6.45) is 8.17. The molecule has 0 aliphatic heterocycles. The van der Waals surface area contributed by atoms with Gasteiger partial charge in [0.25, 0.3) is 0 Å². The highest BCUT2D eigenvalue weighted by Gasteiger charge is 2.11. The molecule has 0 spiro atoms. The largest absolute Gasteiger partial charge is 0.382 e. The Bertz CT molecular complexity index is 314. The van der Waals surface area contributed by atoms with E-state index in [1.165, 1.54) is 49.8 Å². The number of hydrogen-bond donors (Lipinski definition) is 2. The first kappa shape index (κ1) is 11.5. The van der Waals surface area contributed by atoms with Gasteiger partial charge in [-0.15, -0.1) is 0 Å². The van der Waals surface area contributed by atoms with E-state index in [4.69, 9.17) is 5.73 Å². The van der Waals surface area contributed by atoms with Gasteiger partial charge >= 0.3 is 0 Å². The Kier molecular flexibility index (Phi) is 4.23. The third kappa shape index (κ3) is 3.24. The molecule has 0 amide bonds. The molecule has 88 valence electrons. The van der Waals surface area contributed by atoms with Crippen LogP contribution in [0.25, 0.3) is 0 Å². The van der Waals surface area contributed by atoms with E-state index in [9.17, 15) is 0 Å². The SMILES string of the molecule is NCc1cccc(NC2CCCCCC2)c1. The number of rotatable bonds is 3. The second-order valence-corrected chi connectivity index (χ2v) is 4.74. The van der Waals surface area contributed by atoms with Crippen molar-refractivity contribution in [2.24, 2.45) is 5.73 Å². The molecule has 1 aliphatic rings. The number of hydrogen-bond acceptors (Lipinski definition) is 2. The highest BCUT2D eigenvalue weighted by Crippen LogP contribution is 2.21. The van der Waals surface area contributed by atoms with Crippen LogP contribution in [0, 0.1) is 0 Å². The molecule has 2 rings (SSSR count). The van der Waals surface area contributed by atoms with Crippen molar-refractivity contribution in [2.75, 3.05) is 5.32 Å². The Morgan fingerprint density at radius 1 is 1.12 bits per heavy atom. The monoisotopic (exact) mass is 218 g/mol. The maximum Gasteiger partial charge on any atom is 0.0345 e.